The summed E-state index contributed by atoms with van der Waals surface area (Å²) in [4.78, 5) is 0. The monoisotopic (exact) mass is 282 g/mol. The Labute approximate surface area is 56.8 Å². The molecule has 0 heterocycles. The van der Waals surface area contributed by atoms with Crippen LogP contribution in [0.4, 0.5) is 0 Å². The highest BCUT2D eigenvalue weighted by Gasteiger charge is 1.18. The topological polar surface area (TPSA) is 0 Å². The molecule has 0 aromatic rings. The van der Waals surface area contributed by atoms with Crippen LogP contribution in [0.1, 0.15) is 0 Å². The van der Waals surface area contributed by atoms with Gasteiger partial charge in [-0.05, 0) is 4.08 Å². The van der Waals surface area contributed by atoms with Crippen molar-refractivity contribution in [3.8, 4) is 0 Å². The van der Waals surface area contributed by atoms with Crippen molar-refractivity contribution in [1.29, 1.82) is 0 Å². The zero-order chi connectivity index (χ0) is 2.71. The Morgan fingerprint density at radius 1 is 1.75 bits per heavy atom. The highest BCUT2D eigenvalue weighted by atomic mass is 127. The minimum absolute atomic E-state index is 0. The van der Waals surface area contributed by atoms with Crippen LogP contribution < -0.4 is 0 Å². The highest BCUT2D eigenvalue weighted by molar-refractivity contribution is 14.1. The normalized spacial score (nSPS) is 3.25. The van der Waals surface area contributed by atoms with E-state index >= 15 is 0 Å². The van der Waals surface area contributed by atoms with E-state index in [0.29, 0.717) is 0 Å². The second kappa shape index (κ2) is 8.89. The summed E-state index contributed by atoms with van der Waals surface area (Å²) in [5, 5.41) is 0. The van der Waals surface area contributed by atoms with Crippen molar-refractivity contribution in [3.63, 3.8) is 0 Å². The lowest BCUT2D eigenvalue weighted by atomic mass is 11.3. The van der Waals surface area contributed by atoms with Gasteiger partial charge in [-0.1, -0.05) is 29.2 Å². The van der Waals surface area contributed by atoms with Gasteiger partial charge in [-0.15, -0.1) is 24.0 Å². The van der Waals surface area contributed by atoms with Gasteiger partial charge >= 0.3 is 0 Å². The molecule has 0 aromatic heterocycles. The summed E-state index contributed by atoms with van der Waals surface area (Å²) in [6.07, 6.45) is 0. The van der Waals surface area contributed by atoms with Gasteiger partial charge in [0.2, 0.25) is 0 Å². The zero-order valence-electron chi connectivity index (χ0n) is 2.07. The Morgan fingerprint density at radius 2 is 1.75 bits per heavy atom. The fourth-order valence-electron chi connectivity index (χ4n) is 0. The Balaban J connectivity index is 0. The van der Waals surface area contributed by atoms with Crippen LogP contribution in [0.5, 0.6) is 0 Å². The van der Waals surface area contributed by atoms with Crippen LogP contribution in [-0.2, 0) is 0 Å². The Kier molecular flexibility index (Phi) is 19.9. The molecular weight excluding hydrogens is 278 g/mol. The number of hydrogen-bond acceptors (Lipinski definition) is 0. The van der Waals surface area contributed by atoms with Gasteiger partial charge in [0.25, 0.3) is 0 Å². The second-order valence-corrected chi connectivity index (χ2v) is 1.04. The SMILES string of the molecule is C=CI.I. The fraction of sp³-hybridized carbons (Fsp3) is 0. The van der Waals surface area contributed by atoms with Gasteiger partial charge in [-0.3, -0.25) is 0 Å². The maximum absolute atomic E-state index is 3.35. The smallest absolute Gasteiger partial charge is 0.0306 e. The van der Waals surface area contributed by atoms with Crippen LogP contribution in [0.15, 0.2) is 10.7 Å². The molecule has 0 saturated carbocycles. The first-order valence-corrected chi connectivity index (χ1v) is 1.87. The van der Waals surface area contributed by atoms with E-state index in [0.717, 1.165) is 0 Å². The van der Waals surface area contributed by atoms with Gasteiger partial charge < -0.3 is 0 Å². The summed E-state index contributed by atoms with van der Waals surface area (Å²) in [6, 6.07) is 0. The maximum atomic E-state index is 3.35. The van der Waals surface area contributed by atoms with Crippen LogP contribution >= 0.6 is 46.6 Å². The molecule has 0 bridgehead atoms. The van der Waals surface area contributed by atoms with Crippen LogP contribution in [0.3, 0.4) is 0 Å². The predicted molar refractivity (Wildman–Crippen MR) is 39.6 cm³/mol. The molecule has 0 aromatic carbocycles. The van der Waals surface area contributed by atoms with Crippen molar-refractivity contribution in [2.45, 2.75) is 0 Å². The largest absolute Gasteiger partial charge is 0.107 e. The van der Waals surface area contributed by atoms with Crippen LogP contribution in [-0.4, -0.2) is 0 Å². The summed E-state index contributed by atoms with van der Waals surface area (Å²) in [5.41, 5.74) is 0. The van der Waals surface area contributed by atoms with Crippen molar-refractivity contribution in [2.24, 2.45) is 0 Å². The van der Waals surface area contributed by atoms with Gasteiger partial charge in [-0.2, -0.15) is 0 Å². The lowest BCUT2D eigenvalue weighted by molar-refractivity contribution is 2.76. The number of hydrogen-bond donors (Lipinski definition) is 0. The van der Waals surface area contributed by atoms with Crippen LogP contribution in [0.2, 0.25) is 0 Å². The molecule has 0 atom stereocenters. The minimum atomic E-state index is 0. The Bertz CT molecular complexity index is 11.5. The predicted octanol–water partition coefficient (Wildman–Crippen LogP) is 2.18. The van der Waals surface area contributed by atoms with Crippen molar-refractivity contribution < 1.29 is 0 Å². The molecule has 0 N–H and O–H groups in total. The quantitative estimate of drug-likeness (QED) is 0.597. The van der Waals surface area contributed by atoms with Crippen molar-refractivity contribution in [1.82, 2.24) is 0 Å². The Hall–Kier alpha value is 1.20. The van der Waals surface area contributed by atoms with E-state index in [4.69, 9.17) is 0 Å². The van der Waals surface area contributed by atoms with E-state index in [1.165, 1.54) is 0 Å². The molecule has 0 nitrogen and oxygen atoms in total. The van der Waals surface area contributed by atoms with E-state index in [9.17, 15) is 0 Å². The first-order valence-electron chi connectivity index (χ1n) is 0.626. The summed E-state index contributed by atoms with van der Waals surface area (Å²) in [6.45, 7) is 3.35. The van der Waals surface area contributed by atoms with Crippen LogP contribution in [0, 0.1) is 0 Å². The first kappa shape index (κ1) is 8.96. The molecule has 0 unspecified atom stereocenters. The molecule has 26 valence electrons. The van der Waals surface area contributed by atoms with Crippen LogP contribution in [0.25, 0.3) is 0 Å². The lowest BCUT2D eigenvalue weighted by Crippen LogP contribution is -0.888. The molecule has 4 heavy (non-hydrogen) atoms. The molecule has 0 saturated heterocycles. The van der Waals surface area contributed by atoms with E-state index in [-0.39, 0.29) is 24.0 Å². The zero-order valence-corrected chi connectivity index (χ0v) is 6.56. The molecule has 0 rings (SSSR count). The van der Waals surface area contributed by atoms with Gasteiger partial charge in [0.05, 0.1) is 0 Å². The molecule has 0 spiro atoms. The summed E-state index contributed by atoms with van der Waals surface area (Å²) >= 11 is 2.05. The molecule has 0 aliphatic heterocycles. The summed E-state index contributed by atoms with van der Waals surface area (Å²) in [7, 11) is 0. The number of halogens is 2. The highest BCUT2D eigenvalue weighted by Crippen LogP contribution is 1.70. The average molecular weight is 282 g/mol. The third-order valence-corrected chi connectivity index (χ3v) is 0. The van der Waals surface area contributed by atoms with E-state index < -0.39 is 0 Å². The second-order valence-electron chi connectivity index (χ2n) is 0.154. The lowest BCUT2D eigenvalue weighted by Gasteiger charge is -1.27. The van der Waals surface area contributed by atoms with E-state index in [2.05, 4.69) is 29.2 Å². The fourth-order valence-corrected chi connectivity index (χ4v) is 0. The first-order chi connectivity index (χ1) is 1.41. The van der Waals surface area contributed by atoms with E-state index in [1.807, 2.05) is 0 Å². The average Bonchev–Trinajstić information content (AvgIpc) is 0.918. The molecular formula is C2H4I2. The maximum Gasteiger partial charge on any atom is -0.0306 e. The van der Waals surface area contributed by atoms with Gasteiger partial charge in [0.15, 0.2) is 0 Å². The molecule has 0 aliphatic carbocycles. The van der Waals surface area contributed by atoms with E-state index in [1.54, 1.807) is 4.08 Å². The van der Waals surface area contributed by atoms with Crippen molar-refractivity contribution in [3.05, 3.63) is 10.7 Å². The molecule has 2 heteroatoms. The molecule has 0 radical (unpaired) electrons. The number of rotatable bonds is 0. The van der Waals surface area contributed by atoms with Gasteiger partial charge in [-0.25, -0.2) is 0 Å². The summed E-state index contributed by atoms with van der Waals surface area (Å²) in [5.74, 6) is 0. The molecule has 0 aliphatic rings. The Morgan fingerprint density at radius 3 is 1.75 bits per heavy atom. The van der Waals surface area contributed by atoms with Crippen molar-refractivity contribution >= 4 is 46.6 Å². The third-order valence-electron chi connectivity index (χ3n) is 0. The van der Waals surface area contributed by atoms with Gasteiger partial charge in [0, 0.05) is 0 Å². The van der Waals surface area contributed by atoms with Crippen molar-refractivity contribution in [2.75, 3.05) is 0 Å². The molecule has 0 fully saturated rings. The summed E-state index contributed by atoms with van der Waals surface area (Å²) < 4.78 is 1.72. The third kappa shape index (κ3) is 10.8. The standard InChI is InChI=1S/C2H3I.HI/c1-2-3;/h2H,1H2;1H. The van der Waals surface area contributed by atoms with Gasteiger partial charge in [0.1, 0.15) is 0 Å². The molecule has 0 amide bonds. The minimum Gasteiger partial charge on any atom is -0.107 e.